The van der Waals surface area contributed by atoms with Crippen LogP contribution in [0.3, 0.4) is 0 Å². The van der Waals surface area contributed by atoms with E-state index in [2.05, 4.69) is 4.72 Å². The number of hydrogen-bond donors (Lipinski definition) is 1. The highest BCUT2D eigenvalue weighted by atomic mass is 32.2. The number of likely N-dealkylation sites (tertiary alicyclic amines) is 1. The van der Waals surface area contributed by atoms with Crippen LogP contribution in [0, 0.1) is 12.7 Å². The van der Waals surface area contributed by atoms with Gasteiger partial charge in [0.2, 0.25) is 0 Å². The minimum Gasteiger partial charge on any atom is -0.336 e. The van der Waals surface area contributed by atoms with Crippen molar-refractivity contribution in [2.24, 2.45) is 0 Å². The van der Waals surface area contributed by atoms with Crippen LogP contribution < -0.4 is 4.72 Å². The second-order valence-electron chi connectivity index (χ2n) is 7.83. The average Bonchev–Trinajstić information content (AvgIpc) is 2.73. The minimum absolute atomic E-state index is 0.0197. The fourth-order valence-electron chi connectivity index (χ4n) is 3.48. The van der Waals surface area contributed by atoms with E-state index in [1.165, 1.54) is 47.4 Å². The lowest BCUT2D eigenvalue weighted by Gasteiger charge is -2.38. The number of sulfonamides is 1. The summed E-state index contributed by atoms with van der Waals surface area (Å²) in [6, 6.07) is 17.0. The minimum atomic E-state index is -3.77. The SMILES string of the molecule is Cc1cccc(S(=O)(=O)Nc2ccc(C(=O)N3CC(S(=O)(=O)c4ccc(F)cc4)C3)cc2)c1. The van der Waals surface area contributed by atoms with Crippen molar-refractivity contribution in [3.63, 3.8) is 0 Å². The molecule has 0 radical (unpaired) electrons. The molecule has 0 bridgehead atoms. The Kier molecular flexibility index (Phi) is 5.98. The normalized spacial score (nSPS) is 14.5. The van der Waals surface area contributed by atoms with Crippen LogP contribution in [0.1, 0.15) is 15.9 Å². The summed E-state index contributed by atoms with van der Waals surface area (Å²) < 4.78 is 65.9. The second-order valence-corrected chi connectivity index (χ2v) is 11.7. The van der Waals surface area contributed by atoms with Crippen molar-refractivity contribution in [1.29, 1.82) is 0 Å². The molecule has 4 rings (SSSR count). The summed E-state index contributed by atoms with van der Waals surface area (Å²) in [6.07, 6.45) is 0. The summed E-state index contributed by atoms with van der Waals surface area (Å²) in [5, 5.41) is -0.757. The number of hydrogen-bond acceptors (Lipinski definition) is 5. The Bertz CT molecular complexity index is 1400. The zero-order valence-electron chi connectivity index (χ0n) is 17.6. The highest BCUT2D eigenvalue weighted by Gasteiger charge is 2.40. The van der Waals surface area contributed by atoms with Gasteiger partial charge in [0.05, 0.1) is 9.79 Å². The van der Waals surface area contributed by atoms with Crippen LogP contribution in [-0.4, -0.2) is 46.0 Å². The van der Waals surface area contributed by atoms with Gasteiger partial charge in [0.25, 0.3) is 15.9 Å². The molecule has 0 spiro atoms. The number of amides is 1. The molecule has 1 fully saturated rings. The van der Waals surface area contributed by atoms with E-state index in [1.807, 2.05) is 0 Å². The molecule has 172 valence electrons. The molecule has 1 amide bonds. The molecule has 0 aliphatic carbocycles. The van der Waals surface area contributed by atoms with Gasteiger partial charge in [0, 0.05) is 24.3 Å². The zero-order chi connectivity index (χ0) is 23.8. The van der Waals surface area contributed by atoms with E-state index in [0.717, 1.165) is 17.7 Å². The Hall–Kier alpha value is -3.24. The summed E-state index contributed by atoms with van der Waals surface area (Å²) in [7, 11) is -7.43. The fourth-order valence-corrected chi connectivity index (χ4v) is 6.29. The second kappa shape index (κ2) is 8.60. The standard InChI is InChI=1S/C23H21FN2O5S2/c1-16-3-2-4-21(13-16)33(30,31)25-19-9-5-17(6-10-19)23(27)26-14-22(15-26)32(28,29)20-11-7-18(24)8-12-20/h2-13,22,25H,14-15H2,1H3. The molecule has 1 aliphatic rings. The molecule has 3 aromatic carbocycles. The number of halogens is 1. The molecule has 0 aromatic heterocycles. The smallest absolute Gasteiger partial charge is 0.261 e. The third-order valence-corrected chi connectivity index (χ3v) is 8.88. The topological polar surface area (TPSA) is 101 Å². The maximum absolute atomic E-state index is 13.1. The van der Waals surface area contributed by atoms with Crippen LogP contribution in [0.5, 0.6) is 0 Å². The van der Waals surface area contributed by atoms with Gasteiger partial charge in [0.1, 0.15) is 11.1 Å². The number of anilines is 1. The Balaban J connectivity index is 1.40. The first-order valence-corrected chi connectivity index (χ1v) is 13.1. The Morgan fingerprint density at radius 2 is 1.55 bits per heavy atom. The predicted molar refractivity (Wildman–Crippen MR) is 122 cm³/mol. The number of aryl methyl sites for hydroxylation is 1. The molecule has 1 aliphatic heterocycles. The zero-order valence-corrected chi connectivity index (χ0v) is 19.2. The molecule has 1 saturated heterocycles. The first-order valence-electron chi connectivity index (χ1n) is 10.0. The number of rotatable bonds is 6. The number of nitrogens with zero attached hydrogens (tertiary/aromatic N) is 1. The Morgan fingerprint density at radius 1 is 0.909 bits per heavy atom. The maximum atomic E-state index is 13.1. The summed E-state index contributed by atoms with van der Waals surface area (Å²) in [6.45, 7) is 1.85. The van der Waals surface area contributed by atoms with Gasteiger partial charge in [0.15, 0.2) is 9.84 Å². The van der Waals surface area contributed by atoms with Crippen LogP contribution in [0.15, 0.2) is 82.6 Å². The average molecular weight is 489 g/mol. The van der Waals surface area contributed by atoms with E-state index in [9.17, 15) is 26.0 Å². The molecule has 0 saturated carbocycles. The third kappa shape index (κ3) is 4.76. The highest BCUT2D eigenvalue weighted by Crippen LogP contribution is 2.26. The van der Waals surface area contributed by atoms with Crippen LogP contribution in [0.4, 0.5) is 10.1 Å². The van der Waals surface area contributed by atoms with Gasteiger partial charge in [-0.25, -0.2) is 21.2 Å². The van der Waals surface area contributed by atoms with Gasteiger partial charge in [-0.3, -0.25) is 9.52 Å². The fraction of sp³-hybridized carbons (Fsp3) is 0.174. The number of carbonyl (C=O) groups is 1. The summed E-state index contributed by atoms with van der Waals surface area (Å²) in [4.78, 5) is 14.2. The maximum Gasteiger partial charge on any atom is 0.261 e. The quantitative estimate of drug-likeness (QED) is 0.537. The van der Waals surface area contributed by atoms with Crippen molar-refractivity contribution in [3.05, 3.63) is 89.7 Å². The number of carbonyl (C=O) groups excluding carboxylic acids is 1. The highest BCUT2D eigenvalue weighted by molar-refractivity contribution is 7.92. The van der Waals surface area contributed by atoms with Crippen molar-refractivity contribution < 1.29 is 26.0 Å². The lowest BCUT2D eigenvalue weighted by atomic mass is 10.1. The molecule has 0 unspecified atom stereocenters. The molecule has 1 heterocycles. The largest absolute Gasteiger partial charge is 0.336 e. The first kappa shape index (κ1) is 22.9. The van der Waals surface area contributed by atoms with E-state index in [1.54, 1.807) is 25.1 Å². The van der Waals surface area contributed by atoms with Crippen LogP contribution in [-0.2, 0) is 19.9 Å². The first-order chi connectivity index (χ1) is 15.6. The molecule has 10 heteroatoms. The molecule has 3 aromatic rings. The van der Waals surface area contributed by atoms with Crippen LogP contribution in [0.25, 0.3) is 0 Å². The van der Waals surface area contributed by atoms with Crippen molar-refractivity contribution in [3.8, 4) is 0 Å². The molecule has 7 nitrogen and oxygen atoms in total. The molecule has 0 atom stereocenters. The van der Waals surface area contributed by atoms with Crippen molar-refractivity contribution in [2.75, 3.05) is 17.8 Å². The Labute approximate surface area is 191 Å². The molecular formula is C23H21FN2O5S2. The number of nitrogens with one attached hydrogen (secondary N) is 1. The van der Waals surface area contributed by atoms with Crippen LogP contribution >= 0.6 is 0 Å². The van der Waals surface area contributed by atoms with Crippen molar-refractivity contribution >= 4 is 31.5 Å². The summed E-state index contributed by atoms with van der Waals surface area (Å²) in [5.74, 6) is -0.877. The van der Waals surface area contributed by atoms with Crippen molar-refractivity contribution in [1.82, 2.24) is 4.90 Å². The van der Waals surface area contributed by atoms with E-state index >= 15 is 0 Å². The number of sulfone groups is 1. The van der Waals surface area contributed by atoms with Gasteiger partial charge < -0.3 is 4.90 Å². The Morgan fingerprint density at radius 3 is 2.15 bits per heavy atom. The van der Waals surface area contributed by atoms with E-state index in [-0.39, 0.29) is 28.8 Å². The lowest BCUT2D eigenvalue weighted by molar-refractivity contribution is 0.0659. The molecule has 1 N–H and O–H groups in total. The van der Waals surface area contributed by atoms with E-state index < -0.39 is 30.9 Å². The third-order valence-electron chi connectivity index (χ3n) is 5.40. The monoisotopic (exact) mass is 488 g/mol. The predicted octanol–water partition coefficient (Wildman–Crippen LogP) is 3.23. The van der Waals surface area contributed by atoms with Crippen LogP contribution in [0.2, 0.25) is 0 Å². The molecule has 33 heavy (non-hydrogen) atoms. The van der Waals surface area contributed by atoms with E-state index in [4.69, 9.17) is 0 Å². The van der Waals surface area contributed by atoms with Gasteiger partial charge >= 0.3 is 0 Å². The van der Waals surface area contributed by atoms with E-state index in [0.29, 0.717) is 11.3 Å². The van der Waals surface area contributed by atoms with Gasteiger partial charge in [-0.15, -0.1) is 0 Å². The van der Waals surface area contributed by atoms with Gasteiger partial charge in [-0.05, 0) is 73.2 Å². The summed E-state index contributed by atoms with van der Waals surface area (Å²) in [5.41, 5.74) is 1.42. The van der Waals surface area contributed by atoms with Gasteiger partial charge in [-0.2, -0.15) is 0 Å². The van der Waals surface area contributed by atoms with Gasteiger partial charge in [-0.1, -0.05) is 12.1 Å². The lowest BCUT2D eigenvalue weighted by Crippen LogP contribution is -2.56. The number of benzene rings is 3. The molecular weight excluding hydrogens is 467 g/mol. The summed E-state index contributed by atoms with van der Waals surface area (Å²) >= 11 is 0. The van der Waals surface area contributed by atoms with Crippen molar-refractivity contribution in [2.45, 2.75) is 22.0 Å².